The van der Waals surface area contributed by atoms with Crippen LogP contribution in [0.5, 0.6) is 0 Å². The Morgan fingerprint density at radius 2 is 2.14 bits per heavy atom. The van der Waals surface area contributed by atoms with E-state index in [1.165, 1.54) is 26.3 Å². The fourth-order valence-electron chi connectivity index (χ4n) is 2.04. The second-order valence-corrected chi connectivity index (χ2v) is 5.90. The molecule has 2 rings (SSSR count). The Hall–Kier alpha value is -1.90. The number of rotatable bonds is 5. The van der Waals surface area contributed by atoms with Crippen molar-refractivity contribution in [2.75, 3.05) is 12.9 Å². The maximum atomic E-state index is 11.8. The van der Waals surface area contributed by atoms with Gasteiger partial charge < -0.3 is 14.9 Å². The number of nitrogens with one attached hydrogen (secondary N) is 1. The average molecular weight is 324 g/mol. The molecule has 0 saturated carbocycles. The summed E-state index contributed by atoms with van der Waals surface area (Å²) in [6.45, 7) is 1.38. The quantitative estimate of drug-likeness (QED) is 0.704. The standard InChI is InChI=1S/C14H16N2O5S/c1-7(17)22-6-12(18)13(19)8-3-9(14(20)21-2)10-5-15-16-11(10)4-8/h3-5,12-13,18-19H,6H2,1-2H3,(H,15,16). The normalized spacial score (nSPS) is 13.8. The number of ether oxygens (including phenoxy) is 1. The summed E-state index contributed by atoms with van der Waals surface area (Å²) < 4.78 is 4.71. The second-order valence-electron chi connectivity index (χ2n) is 4.71. The molecule has 0 fully saturated rings. The molecule has 0 aliphatic rings. The molecular formula is C14H16N2O5S. The average Bonchev–Trinajstić information content (AvgIpc) is 2.98. The van der Waals surface area contributed by atoms with Crippen LogP contribution < -0.4 is 0 Å². The molecule has 22 heavy (non-hydrogen) atoms. The largest absolute Gasteiger partial charge is 0.465 e. The van der Waals surface area contributed by atoms with Crippen LogP contribution in [0.4, 0.5) is 0 Å². The molecule has 2 atom stereocenters. The molecule has 8 heteroatoms. The minimum Gasteiger partial charge on any atom is -0.465 e. The lowest BCUT2D eigenvalue weighted by Gasteiger charge is -2.18. The van der Waals surface area contributed by atoms with E-state index in [0.717, 1.165) is 11.8 Å². The number of aliphatic hydroxyl groups is 2. The van der Waals surface area contributed by atoms with Gasteiger partial charge in [0, 0.05) is 18.1 Å². The van der Waals surface area contributed by atoms with Crippen molar-refractivity contribution in [3.05, 3.63) is 29.5 Å². The number of aliphatic hydroxyl groups excluding tert-OH is 2. The van der Waals surface area contributed by atoms with Crippen molar-refractivity contribution in [2.45, 2.75) is 19.1 Å². The summed E-state index contributed by atoms with van der Waals surface area (Å²) in [4.78, 5) is 22.8. The molecule has 118 valence electrons. The van der Waals surface area contributed by atoms with Crippen LogP contribution in [0.1, 0.15) is 28.9 Å². The maximum absolute atomic E-state index is 11.8. The topological polar surface area (TPSA) is 113 Å². The lowest BCUT2D eigenvalue weighted by molar-refractivity contribution is -0.109. The molecule has 0 spiro atoms. The van der Waals surface area contributed by atoms with E-state index in [1.807, 2.05) is 0 Å². The van der Waals surface area contributed by atoms with Crippen molar-refractivity contribution in [3.63, 3.8) is 0 Å². The van der Waals surface area contributed by atoms with E-state index in [-0.39, 0.29) is 16.4 Å². The molecule has 0 saturated heterocycles. The number of fused-ring (bicyclic) bond motifs is 1. The number of esters is 1. The zero-order valence-electron chi connectivity index (χ0n) is 12.1. The van der Waals surface area contributed by atoms with E-state index in [2.05, 4.69) is 10.2 Å². The first-order valence-corrected chi connectivity index (χ1v) is 7.47. The van der Waals surface area contributed by atoms with Gasteiger partial charge in [0.1, 0.15) is 6.10 Å². The molecule has 1 aromatic carbocycles. The first-order chi connectivity index (χ1) is 10.4. The van der Waals surface area contributed by atoms with E-state index in [9.17, 15) is 19.8 Å². The highest BCUT2D eigenvalue weighted by atomic mass is 32.2. The van der Waals surface area contributed by atoms with E-state index in [0.29, 0.717) is 16.5 Å². The highest BCUT2D eigenvalue weighted by Gasteiger charge is 2.22. The molecular weight excluding hydrogens is 308 g/mol. The van der Waals surface area contributed by atoms with Crippen LogP contribution in [-0.2, 0) is 9.53 Å². The molecule has 0 amide bonds. The summed E-state index contributed by atoms with van der Waals surface area (Å²) in [6, 6.07) is 3.05. The number of nitrogens with zero attached hydrogens (tertiary/aromatic N) is 1. The van der Waals surface area contributed by atoms with Crippen molar-refractivity contribution in [3.8, 4) is 0 Å². The summed E-state index contributed by atoms with van der Waals surface area (Å²) in [7, 11) is 1.26. The third-order valence-corrected chi connectivity index (χ3v) is 4.06. The van der Waals surface area contributed by atoms with Crippen LogP contribution in [-0.4, -0.2) is 50.5 Å². The number of H-pyrrole nitrogens is 1. The first-order valence-electron chi connectivity index (χ1n) is 6.49. The molecule has 1 heterocycles. The van der Waals surface area contributed by atoms with E-state index < -0.39 is 18.2 Å². The molecule has 0 aliphatic heterocycles. The monoisotopic (exact) mass is 324 g/mol. The van der Waals surface area contributed by atoms with Gasteiger partial charge in [-0.1, -0.05) is 11.8 Å². The van der Waals surface area contributed by atoms with Crippen LogP contribution >= 0.6 is 11.8 Å². The SMILES string of the molecule is COC(=O)c1cc(C(O)C(O)CSC(C)=O)cc2[nH]ncc12. The van der Waals surface area contributed by atoms with Gasteiger partial charge in [-0.05, 0) is 17.7 Å². The summed E-state index contributed by atoms with van der Waals surface area (Å²) in [6.07, 6.45) is -0.887. The van der Waals surface area contributed by atoms with Crippen LogP contribution in [0.3, 0.4) is 0 Å². The van der Waals surface area contributed by atoms with E-state index in [1.54, 1.807) is 6.07 Å². The van der Waals surface area contributed by atoms with Crippen molar-refractivity contribution in [1.82, 2.24) is 10.2 Å². The lowest BCUT2D eigenvalue weighted by atomic mass is 10.00. The Bertz CT molecular complexity index is 700. The number of carbonyl (C=O) groups excluding carboxylic acids is 2. The number of thioether (sulfide) groups is 1. The van der Waals surface area contributed by atoms with Crippen molar-refractivity contribution in [2.24, 2.45) is 0 Å². The number of methoxy groups -OCH3 is 1. The molecule has 3 N–H and O–H groups in total. The van der Waals surface area contributed by atoms with Gasteiger partial charge in [-0.25, -0.2) is 4.79 Å². The predicted octanol–water partition coefficient (Wildman–Crippen LogP) is 1.02. The second kappa shape index (κ2) is 6.91. The van der Waals surface area contributed by atoms with Gasteiger partial charge in [-0.3, -0.25) is 9.89 Å². The fourth-order valence-corrected chi connectivity index (χ4v) is 2.63. The van der Waals surface area contributed by atoms with Crippen LogP contribution in [0.25, 0.3) is 10.9 Å². The van der Waals surface area contributed by atoms with Gasteiger partial charge in [-0.15, -0.1) is 0 Å². The molecule has 2 unspecified atom stereocenters. The van der Waals surface area contributed by atoms with Crippen LogP contribution in [0.2, 0.25) is 0 Å². The molecule has 7 nitrogen and oxygen atoms in total. The summed E-state index contributed by atoms with van der Waals surface area (Å²) in [5, 5.41) is 27.2. The third-order valence-electron chi connectivity index (χ3n) is 3.15. The maximum Gasteiger partial charge on any atom is 0.338 e. The Balaban J connectivity index is 2.34. The number of aromatic nitrogens is 2. The highest BCUT2D eigenvalue weighted by molar-refractivity contribution is 8.13. The summed E-state index contributed by atoms with van der Waals surface area (Å²) >= 11 is 0.922. The van der Waals surface area contributed by atoms with Gasteiger partial charge in [0.05, 0.1) is 30.5 Å². The Kier molecular flexibility index (Phi) is 5.17. The van der Waals surface area contributed by atoms with Crippen LogP contribution in [0.15, 0.2) is 18.3 Å². The van der Waals surface area contributed by atoms with Gasteiger partial charge >= 0.3 is 5.97 Å². The summed E-state index contributed by atoms with van der Waals surface area (Å²) in [5.41, 5.74) is 1.13. The number of benzene rings is 1. The van der Waals surface area contributed by atoms with E-state index in [4.69, 9.17) is 4.74 Å². The third kappa shape index (κ3) is 3.46. The zero-order chi connectivity index (χ0) is 16.3. The Labute approximate surface area is 130 Å². The number of hydrogen-bond acceptors (Lipinski definition) is 7. The minimum atomic E-state index is -1.23. The predicted molar refractivity (Wildman–Crippen MR) is 81.5 cm³/mol. The van der Waals surface area contributed by atoms with Crippen LogP contribution in [0, 0.1) is 0 Å². The number of aromatic amines is 1. The lowest BCUT2D eigenvalue weighted by Crippen LogP contribution is -2.21. The molecule has 0 aliphatic carbocycles. The molecule has 0 bridgehead atoms. The number of hydrogen-bond donors (Lipinski definition) is 3. The Morgan fingerprint density at radius 1 is 1.41 bits per heavy atom. The smallest absolute Gasteiger partial charge is 0.338 e. The van der Waals surface area contributed by atoms with Crippen molar-refractivity contribution < 1.29 is 24.5 Å². The van der Waals surface area contributed by atoms with E-state index >= 15 is 0 Å². The minimum absolute atomic E-state index is 0.0606. The number of carbonyl (C=O) groups is 2. The molecule has 1 aromatic heterocycles. The molecule has 2 aromatic rings. The van der Waals surface area contributed by atoms with Gasteiger partial charge in [-0.2, -0.15) is 5.10 Å². The summed E-state index contributed by atoms with van der Waals surface area (Å²) in [5.74, 6) is -0.501. The fraction of sp³-hybridized carbons (Fsp3) is 0.357. The molecule has 0 radical (unpaired) electrons. The van der Waals surface area contributed by atoms with Gasteiger partial charge in [0.2, 0.25) is 0 Å². The Morgan fingerprint density at radius 3 is 2.77 bits per heavy atom. The highest BCUT2D eigenvalue weighted by Crippen LogP contribution is 2.26. The van der Waals surface area contributed by atoms with Gasteiger partial charge in [0.25, 0.3) is 0 Å². The first kappa shape index (κ1) is 16.5. The van der Waals surface area contributed by atoms with Crippen molar-refractivity contribution >= 4 is 33.7 Å². The zero-order valence-corrected chi connectivity index (χ0v) is 12.9. The van der Waals surface area contributed by atoms with Crippen molar-refractivity contribution in [1.29, 1.82) is 0 Å². The van der Waals surface area contributed by atoms with Gasteiger partial charge in [0.15, 0.2) is 5.12 Å².